The number of sulfonamides is 1. The zero-order valence-corrected chi connectivity index (χ0v) is 19.2. The average molecular weight is 461 g/mol. The molecule has 1 atom stereocenters. The van der Waals surface area contributed by atoms with E-state index >= 15 is 0 Å². The van der Waals surface area contributed by atoms with Gasteiger partial charge in [0.25, 0.3) is 0 Å². The molecule has 1 fully saturated rings. The molecule has 168 valence electrons. The summed E-state index contributed by atoms with van der Waals surface area (Å²) in [6.45, 7) is 4.94. The lowest BCUT2D eigenvalue weighted by Crippen LogP contribution is -2.42. The van der Waals surface area contributed by atoms with E-state index in [9.17, 15) is 8.42 Å². The van der Waals surface area contributed by atoms with Crippen molar-refractivity contribution in [2.24, 2.45) is 5.92 Å². The fraction of sp³-hybridized carbons (Fsp3) is 0.292. The molecule has 2 aromatic heterocycles. The van der Waals surface area contributed by atoms with Crippen LogP contribution in [-0.2, 0) is 16.6 Å². The number of nitrogens with zero attached hydrogens (tertiary/aromatic N) is 5. The molecule has 0 radical (unpaired) electrons. The van der Waals surface area contributed by atoms with Crippen molar-refractivity contribution in [3.05, 3.63) is 66.6 Å². The lowest BCUT2D eigenvalue weighted by Gasteiger charge is -2.30. The molecule has 9 heteroatoms. The van der Waals surface area contributed by atoms with E-state index in [1.807, 2.05) is 49.1 Å². The van der Waals surface area contributed by atoms with E-state index in [1.165, 1.54) is 6.07 Å². The van der Waals surface area contributed by atoms with Crippen molar-refractivity contribution in [2.75, 3.05) is 6.54 Å². The molecule has 33 heavy (non-hydrogen) atoms. The van der Waals surface area contributed by atoms with Gasteiger partial charge in [-0.15, -0.1) is 0 Å². The van der Waals surface area contributed by atoms with Gasteiger partial charge in [-0.2, -0.15) is 19.8 Å². The smallest absolute Gasteiger partial charge is 0.243 e. The Hall–Kier alpha value is -3.48. The summed E-state index contributed by atoms with van der Waals surface area (Å²) in [5.41, 5.74) is 2.90. The second kappa shape index (κ2) is 7.83. The lowest BCUT2D eigenvalue weighted by atomic mass is 9.97. The minimum Gasteiger partial charge on any atom is -0.285 e. The van der Waals surface area contributed by atoms with Gasteiger partial charge in [0.05, 0.1) is 34.4 Å². The van der Waals surface area contributed by atoms with Crippen molar-refractivity contribution >= 4 is 20.9 Å². The van der Waals surface area contributed by atoms with Gasteiger partial charge < -0.3 is 0 Å². The van der Waals surface area contributed by atoms with Gasteiger partial charge in [-0.25, -0.2) is 8.42 Å². The molecule has 8 nitrogen and oxygen atoms in total. The maximum atomic E-state index is 13.4. The number of nitriles is 1. The van der Waals surface area contributed by atoms with Crippen LogP contribution in [-0.4, -0.2) is 44.8 Å². The molecule has 2 aromatic carbocycles. The third-order valence-corrected chi connectivity index (χ3v) is 8.42. The van der Waals surface area contributed by atoms with Crippen molar-refractivity contribution in [1.29, 1.82) is 5.26 Å². The summed E-state index contributed by atoms with van der Waals surface area (Å²) in [4.78, 5) is 0.159. The van der Waals surface area contributed by atoms with Crippen LogP contribution >= 0.6 is 0 Å². The van der Waals surface area contributed by atoms with Crippen molar-refractivity contribution < 1.29 is 8.42 Å². The minimum absolute atomic E-state index is 0.116. The van der Waals surface area contributed by atoms with Crippen LogP contribution in [0.15, 0.2) is 66.0 Å². The summed E-state index contributed by atoms with van der Waals surface area (Å²) in [5, 5.41) is 21.6. The van der Waals surface area contributed by atoms with Crippen LogP contribution in [0.1, 0.15) is 25.8 Å². The van der Waals surface area contributed by atoms with Gasteiger partial charge in [-0.3, -0.25) is 9.78 Å². The van der Waals surface area contributed by atoms with Crippen molar-refractivity contribution in [3.63, 3.8) is 0 Å². The van der Waals surface area contributed by atoms with Crippen LogP contribution in [0.25, 0.3) is 22.0 Å². The Morgan fingerprint density at radius 3 is 2.79 bits per heavy atom. The molecule has 1 saturated heterocycles. The highest BCUT2D eigenvalue weighted by atomic mass is 32.2. The van der Waals surface area contributed by atoms with Gasteiger partial charge in [-0.05, 0) is 62.1 Å². The maximum absolute atomic E-state index is 13.4. The van der Waals surface area contributed by atoms with Crippen LogP contribution < -0.4 is 0 Å². The van der Waals surface area contributed by atoms with Crippen LogP contribution in [0.5, 0.6) is 0 Å². The SMILES string of the molecule is CC1(C)CC(Cn2ncc3cc(-c4cn[nH]c4)ccc32)CN1S(=O)(=O)c1cccc(C#N)c1. The largest absolute Gasteiger partial charge is 0.285 e. The lowest BCUT2D eigenvalue weighted by molar-refractivity contribution is 0.291. The molecular weight excluding hydrogens is 436 g/mol. The molecule has 5 rings (SSSR count). The predicted molar refractivity (Wildman–Crippen MR) is 125 cm³/mol. The van der Waals surface area contributed by atoms with Gasteiger partial charge in [0.15, 0.2) is 0 Å². The number of rotatable bonds is 5. The summed E-state index contributed by atoms with van der Waals surface area (Å²) < 4.78 is 30.4. The molecule has 1 N–H and O–H groups in total. The van der Waals surface area contributed by atoms with Gasteiger partial charge in [-0.1, -0.05) is 12.1 Å². The van der Waals surface area contributed by atoms with E-state index in [1.54, 1.807) is 28.7 Å². The normalized spacial score (nSPS) is 18.5. The summed E-state index contributed by atoms with van der Waals surface area (Å²) >= 11 is 0. The third kappa shape index (κ3) is 3.81. The topological polar surface area (TPSA) is 108 Å². The monoisotopic (exact) mass is 460 g/mol. The highest BCUT2D eigenvalue weighted by Gasteiger charge is 2.45. The molecule has 0 amide bonds. The van der Waals surface area contributed by atoms with Crippen molar-refractivity contribution in [3.8, 4) is 17.2 Å². The first kappa shape index (κ1) is 21.4. The molecule has 0 bridgehead atoms. The zero-order chi connectivity index (χ0) is 23.2. The molecule has 0 aliphatic carbocycles. The van der Waals surface area contributed by atoms with Gasteiger partial charge in [0.1, 0.15) is 0 Å². The zero-order valence-electron chi connectivity index (χ0n) is 18.4. The quantitative estimate of drug-likeness (QED) is 0.488. The number of H-pyrrole nitrogens is 1. The first-order chi connectivity index (χ1) is 15.8. The summed E-state index contributed by atoms with van der Waals surface area (Å²) in [7, 11) is -3.72. The van der Waals surface area contributed by atoms with Crippen LogP contribution in [0.2, 0.25) is 0 Å². The van der Waals surface area contributed by atoms with Crippen LogP contribution in [0.4, 0.5) is 0 Å². The van der Waals surface area contributed by atoms with Gasteiger partial charge in [0.2, 0.25) is 10.0 Å². The molecule has 3 heterocycles. The molecular formula is C24H24N6O2S. The Bertz CT molecular complexity index is 1460. The summed E-state index contributed by atoms with van der Waals surface area (Å²) in [6.07, 6.45) is 6.21. The second-order valence-electron chi connectivity index (χ2n) is 9.15. The molecule has 1 aliphatic heterocycles. The highest BCUT2D eigenvalue weighted by Crippen LogP contribution is 2.38. The first-order valence-corrected chi connectivity index (χ1v) is 12.2. The Morgan fingerprint density at radius 1 is 1.18 bits per heavy atom. The molecule has 0 spiro atoms. The Kier molecular flexibility index (Phi) is 5.07. The number of aromatic amines is 1. The fourth-order valence-electron chi connectivity index (χ4n) is 4.82. The Labute approximate surface area is 192 Å². The predicted octanol–water partition coefficient (Wildman–Crippen LogP) is 3.79. The maximum Gasteiger partial charge on any atom is 0.243 e. The average Bonchev–Trinajstić information content (AvgIpc) is 3.53. The Balaban J connectivity index is 1.39. The molecule has 4 aromatic rings. The van der Waals surface area contributed by atoms with E-state index in [-0.39, 0.29) is 10.8 Å². The van der Waals surface area contributed by atoms with E-state index in [2.05, 4.69) is 21.4 Å². The van der Waals surface area contributed by atoms with E-state index in [4.69, 9.17) is 5.26 Å². The summed E-state index contributed by atoms with van der Waals surface area (Å²) in [6, 6.07) is 14.4. The number of nitrogens with one attached hydrogen (secondary N) is 1. The molecule has 0 saturated carbocycles. The number of hydrogen-bond acceptors (Lipinski definition) is 5. The van der Waals surface area contributed by atoms with E-state index in [0.29, 0.717) is 18.7 Å². The van der Waals surface area contributed by atoms with Crippen LogP contribution in [0.3, 0.4) is 0 Å². The fourth-order valence-corrected chi connectivity index (χ4v) is 6.73. The van der Waals surface area contributed by atoms with Gasteiger partial charge in [0, 0.05) is 35.8 Å². The summed E-state index contributed by atoms with van der Waals surface area (Å²) in [5.74, 6) is 0.116. The standard InChI is InChI=1S/C24H24N6O2S/c1-24(2)10-18(16-30(24)33(31,32)22-5-3-4-17(8-22)11-25)15-29-23-7-6-19(9-20(23)14-28-29)21-12-26-27-13-21/h3-9,12-14,18H,10,15-16H2,1-2H3,(H,26,27). The third-order valence-electron chi connectivity index (χ3n) is 6.34. The van der Waals surface area contributed by atoms with Crippen molar-refractivity contribution in [1.82, 2.24) is 24.3 Å². The van der Waals surface area contributed by atoms with E-state index in [0.717, 1.165) is 28.5 Å². The van der Waals surface area contributed by atoms with Gasteiger partial charge >= 0.3 is 0 Å². The Morgan fingerprint density at radius 2 is 2.03 bits per heavy atom. The molecule has 1 aliphatic rings. The number of aromatic nitrogens is 4. The van der Waals surface area contributed by atoms with Crippen LogP contribution in [0, 0.1) is 17.2 Å². The number of benzene rings is 2. The van der Waals surface area contributed by atoms with E-state index < -0.39 is 15.6 Å². The van der Waals surface area contributed by atoms with Crippen molar-refractivity contribution in [2.45, 2.75) is 37.2 Å². The first-order valence-electron chi connectivity index (χ1n) is 10.8. The minimum atomic E-state index is -3.72. The molecule has 1 unspecified atom stereocenters. The number of fused-ring (bicyclic) bond motifs is 1. The second-order valence-corrected chi connectivity index (χ2v) is 11.0. The highest BCUT2D eigenvalue weighted by molar-refractivity contribution is 7.89. The number of hydrogen-bond donors (Lipinski definition) is 1.